The number of ketones is 1. The van der Waals surface area contributed by atoms with E-state index in [1.54, 1.807) is 24.3 Å². The van der Waals surface area contributed by atoms with Crippen molar-refractivity contribution in [2.75, 3.05) is 19.7 Å². The van der Waals surface area contributed by atoms with Gasteiger partial charge in [0.15, 0.2) is 18.2 Å². The van der Waals surface area contributed by atoms with Crippen LogP contribution in [0.4, 0.5) is 0 Å². The van der Waals surface area contributed by atoms with Gasteiger partial charge in [-0.2, -0.15) is 8.42 Å². The molecule has 1 saturated heterocycles. The Balaban J connectivity index is 1.11. The Morgan fingerprint density at radius 2 is 1.73 bits per heavy atom. The topological polar surface area (TPSA) is 93.1 Å². The standard InChI is InChI=1S/C25H30N2O5S/c28-22(25-11-16-8-17(12-25)10-18(9-16)13-25)15-32-24(29)19-4-3-7-27(14-19)23-20-5-1-2-6-21(20)33(30,31)26-23/h1-2,5-6,16-19H,3-4,7-15H2. The number of hydrogen-bond donors (Lipinski definition) is 0. The third-order valence-electron chi connectivity index (χ3n) is 8.64. The SMILES string of the molecule is O=C(OCC(=O)C12CC3CC(CC(C3)C1)C2)C1CCCN(C2=NS(=O)(=O)c3ccccc32)C1. The van der Waals surface area contributed by atoms with Gasteiger partial charge >= 0.3 is 5.97 Å². The number of ether oxygens (including phenoxy) is 1. The summed E-state index contributed by atoms with van der Waals surface area (Å²) in [5, 5.41) is 0. The lowest BCUT2D eigenvalue weighted by Gasteiger charge is -2.55. The smallest absolute Gasteiger partial charge is 0.311 e. The summed E-state index contributed by atoms with van der Waals surface area (Å²) in [4.78, 5) is 28.2. The molecule has 0 spiro atoms. The van der Waals surface area contributed by atoms with Crippen LogP contribution >= 0.6 is 0 Å². The number of Topliss-reactive ketones (excluding diaryl/α,β-unsaturated/α-hetero) is 1. The summed E-state index contributed by atoms with van der Waals surface area (Å²) < 4.78 is 34.4. The van der Waals surface area contributed by atoms with Crippen molar-refractivity contribution in [1.82, 2.24) is 4.90 Å². The fourth-order valence-electron chi connectivity index (χ4n) is 7.54. The van der Waals surface area contributed by atoms with Gasteiger partial charge in [0, 0.05) is 24.1 Å². The minimum absolute atomic E-state index is 0.114. The normalized spacial score (nSPS) is 35.8. The maximum absolute atomic E-state index is 13.2. The van der Waals surface area contributed by atoms with Crippen molar-refractivity contribution in [1.29, 1.82) is 0 Å². The second kappa shape index (κ2) is 7.65. The van der Waals surface area contributed by atoms with E-state index < -0.39 is 10.0 Å². The van der Waals surface area contributed by atoms with Gasteiger partial charge < -0.3 is 9.64 Å². The van der Waals surface area contributed by atoms with E-state index in [2.05, 4.69) is 4.40 Å². The fourth-order valence-corrected chi connectivity index (χ4v) is 8.77. The van der Waals surface area contributed by atoms with Gasteiger partial charge in [-0.15, -0.1) is 4.40 Å². The number of piperidine rings is 1. The molecule has 7 nitrogen and oxygen atoms in total. The lowest BCUT2D eigenvalue weighted by molar-refractivity contribution is -0.161. The number of amidine groups is 1. The van der Waals surface area contributed by atoms with Gasteiger partial charge in [0.1, 0.15) is 4.90 Å². The predicted octanol–water partition coefficient (Wildman–Crippen LogP) is 3.18. The molecule has 4 saturated carbocycles. The average molecular weight is 471 g/mol. The van der Waals surface area contributed by atoms with Crippen molar-refractivity contribution in [3.63, 3.8) is 0 Å². The summed E-state index contributed by atoms with van der Waals surface area (Å²) in [5.41, 5.74) is 0.327. The largest absolute Gasteiger partial charge is 0.457 e. The zero-order valence-corrected chi connectivity index (χ0v) is 19.6. The molecule has 4 aliphatic carbocycles. The first-order chi connectivity index (χ1) is 15.8. The summed E-state index contributed by atoms with van der Waals surface area (Å²) in [6, 6.07) is 6.80. The van der Waals surface area contributed by atoms with Gasteiger partial charge in [-0.3, -0.25) is 9.59 Å². The minimum atomic E-state index is -3.70. The van der Waals surface area contributed by atoms with E-state index in [-0.39, 0.29) is 34.6 Å². The van der Waals surface area contributed by atoms with Crippen LogP contribution < -0.4 is 0 Å². The van der Waals surface area contributed by atoms with Crippen LogP contribution in [0.1, 0.15) is 56.9 Å². The minimum Gasteiger partial charge on any atom is -0.457 e. The van der Waals surface area contributed by atoms with Crippen molar-refractivity contribution in [2.45, 2.75) is 56.3 Å². The van der Waals surface area contributed by atoms with Crippen LogP contribution in [0.3, 0.4) is 0 Å². The lowest BCUT2D eigenvalue weighted by Crippen LogP contribution is -2.51. The van der Waals surface area contributed by atoms with E-state index in [1.807, 2.05) is 4.90 Å². The molecule has 1 unspecified atom stereocenters. The van der Waals surface area contributed by atoms with E-state index in [4.69, 9.17) is 4.74 Å². The highest BCUT2D eigenvalue weighted by molar-refractivity contribution is 7.90. The number of sulfonamides is 1. The first-order valence-corrected chi connectivity index (χ1v) is 13.7. The number of fused-ring (bicyclic) bond motifs is 1. The maximum atomic E-state index is 13.2. The maximum Gasteiger partial charge on any atom is 0.311 e. The monoisotopic (exact) mass is 470 g/mol. The summed E-state index contributed by atoms with van der Waals surface area (Å²) in [6.45, 7) is 0.866. The highest BCUT2D eigenvalue weighted by Gasteiger charge is 2.54. The summed E-state index contributed by atoms with van der Waals surface area (Å²) in [5.74, 6) is 1.81. The van der Waals surface area contributed by atoms with Crippen molar-refractivity contribution < 1.29 is 22.7 Å². The van der Waals surface area contributed by atoms with Crippen molar-refractivity contribution in [2.24, 2.45) is 33.5 Å². The van der Waals surface area contributed by atoms with E-state index in [0.717, 1.165) is 25.7 Å². The van der Waals surface area contributed by atoms with Gasteiger partial charge in [-0.1, -0.05) is 12.1 Å². The first-order valence-electron chi connectivity index (χ1n) is 12.2. The van der Waals surface area contributed by atoms with E-state index in [9.17, 15) is 18.0 Å². The van der Waals surface area contributed by atoms with Crippen LogP contribution in [-0.2, 0) is 24.3 Å². The molecule has 1 aromatic rings. The summed E-state index contributed by atoms with van der Waals surface area (Å²) in [6.07, 6.45) is 8.14. The Labute approximate surface area is 194 Å². The molecule has 1 aromatic carbocycles. The molecule has 33 heavy (non-hydrogen) atoms. The van der Waals surface area contributed by atoms with Gasteiger partial charge in [0.2, 0.25) is 0 Å². The number of benzene rings is 1. The summed E-state index contributed by atoms with van der Waals surface area (Å²) in [7, 11) is -3.70. The first kappa shape index (κ1) is 21.3. The molecule has 176 valence electrons. The van der Waals surface area contributed by atoms with Crippen LogP contribution in [-0.4, -0.2) is 50.6 Å². The highest BCUT2D eigenvalue weighted by Crippen LogP contribution is 2.60. The van der Waals surface area contributed by atoms with Crippen LogP contribution in [0.15, 0.2) is 33.6 Å². The molecule has 7 rings (SSSR count). The quantitative estimate of drug-likeness (QED) is 0.628. The number of rotatable bonds is 4. The molecule has 4 bridgehead atoms. The molecule has 1 atom stereocenters. The highest BCUT2D eigenvalue weighted by atomic mass is 32.2. The van der Waals surface area contributed by atoms with Gasteiger partial charge in [-0.25, -0.2) is 0 Å². The Morgan fingerprint density at radius 3 is 2.42 bits per heavy atom. The van der Waals surface area contributed by atoms with E-state index in [1.165, 1.54) is 19.3 Å². The zero-order chi connectivity index (χ0) is 22.8. The van der Waals surface area contributed by atoms with E-state index in [0.29, 0.717) is 48.7 Å². The Hall–Kier alpha value is -2.22. The predicted molar refractivity (Wildman–Crippen MR) is 121 cm³/mol. The Bertz CT molecular complexity index is 1110. The number of esters is 1. The average Bonchev–Trinajstić information content (AvgIpc) is 3.07. The fraction of sp³-hybridized carbons (Fsp3) is 0.640. The van der Waals surface area contributed by atoms with Crippen molar-refractivity contribution >= 4 is 27.6 Å². The van der Waals surface area contributed by atoms with Crippen LogP contribution in [0.2, 0.25) is 0 Å². The molecule has 0 radical (unpaired) electrons. The molecule has 6 aliphatic rings. The van der Waals surface area contributed by atoms with Gasteiger partial charge in [0.05, 0.1) is 5.92 Å². The number of nitrogens with zero attached hydrogens (tertiary/aromatic N) is 2. The molecule has 8 heteroatoms. The van der Waals surface area contributed by atoms with Gasteiger partial charge in [0.25, 0.3) is 10.0 Å². The third-order valence-corrected chi connectivity index (χ3v) is 9.97. The lowest BCUT2D eigenvalue weighted by atomic mass is 9.48. The molecular weight excluding hydrogens is 440 g/mol. The Morgan fingerprint density at radius 1 is 1.06 bits per heavy atom. The van der Waals surface area contributed by atoms with Gasteiger partial charge in [-0.05, 0) is 81.3 Å². The third kappa shape index (κ3) is 3.61. The number of carbonyl (C=O) groups excluding carboxylic acids is 2. The number of likely N-dealkylation sites (tertiary alicyclic amines) is 1. The van der Waals surface area contributed by atoms with Crippen LogP contribution in [0, 0.1) is 29.1 Å². The molecule has 2 aliphatic heterocycles. The molecule has 2 heterocycles. The Kier molecular flexibility index (Phi) is 4.94. The zero-order valence-electron chi connectivity index (χ0n) is 18.7. The summed E-state index contributed by atoms with van der Waals surface area (Å²) >= 11 is 0. The van der Waals surface area contributed by atoms with Crippen LogP contribution in [0.5, 0.6) is 0 Å². The molecule has 0 N–H and O–H groups in total. The number of carbonyl (C=O) groups is 2. The molecule has 0 amide bonds. The molecule has 0 aromatic heterocycles. The molecule has 5 fully saturated rings. The van der Waals surface area contributed by atoms with Crippen LogP contribution in [0.25, 0.3) is 0 Å². The second-order valence-electron chi connectivity index (χ2n) is 10.9. The van der Waals surface area contributed by atoms with E-state index >= 15 is 0 Å². The second-order valence-corrected chi connectivity index (χ2v) is 12.5. The number of hydrogen-bond acceptors (Lipinski definition) is 6. The van der Waals surface area contributed by atoms with Crippen molar-refractivity contribution in [3.05, 3.63) is 29.8 Å². The molecular formula is C25H30N2O5S. The van der Waals surface area contributed by atoms with Crippen molar-refractivity contribution in [3.8, 4) is 0 Å².